The van der Waals surface area contributed by atoms with Crippen LogP contribution in [0.25, 0.3) is 87.3 Å². The Morgan fingerprint density at radius 3 is 1.93 bits per heavy atom. The van der Waals surface area contributed by atoms with Crippen molar-refractivity contribution < 1.29 is 16.8 Å². The maximum absolute atomic E-state index is 9.37. The van der Waals surface area contributed by atoms with Crippen molar-refractivity contribution in [3.8, 4) is 22.3 Å². The smallest absolute Gasteiger partial charge is 0.143 e. The summed E-state index contributed by atoms with van der Waals surface area (Å²) in [5.41, 5.74) is 2.69. The Balaban J connectivity index is 1.52. The zero-order chi connectivity index (χ0) is 34.7. The van der Waals surface area contributed by atoms with Crippen LogP contribution in [0.15, 0.2) is 150 Å². The molecule has 0 aliphatic heterocycles. The monoisotopic (exact) mass is 529 g/mol. The molecule has 0 N–H and O–H groups in total. The van der Waals surface area contributed by atoms with Gasteiger partial charge in [0.1, 0.15) is 11.2 Å². The average Bonchev–Trinajstić information content (AvgIpc) is 3.53. The minimum absolute atomic E-state index is 0.0614. The molecule has 0 amide bonds. The molecule has 0 radical (unpaired) electrons. The first kappa shape index (κ1) is 15.4. The summed E-state index contributed by atoms with van der Waals surface area (Å²) < 4.78 is 85.5. The molecule has 41 heavy (non-hydrogen) atoms. The van der Waals surface area contributed by atoms with Crippen molar-refractivity contribution in [3.63, 3.8) is 0 Å². The largest absolute Gasteiger partial charge is 0.455 e. The summed E-state index contributed by atoms with van der Waals surface area (Å²) in [4.78, 5) is 0. The predicted octanol–water partition coefficient (Wildman–Crippen LogP) is 11.5. The minimum atomic E-state index is -0.529. The molecule has 0 aliphatic rings. The molecule has 0 fully saturated rings. The van der Waals surface area contributed by atoms with Crippen LogP contribution >= 0.6 is 0 Å². The van der Waals surface area contributed by atoms with Gasteiger partial charge < -0.3 is 4.42 Å². The van der Waals surface area contributed by atoms with E-state index in [1.54, 1.807) is 0 Å². The Kier molecular flexibility index (Phi) is 3.21. The first-order chi connectivity index (χ1) is 24.1. The molecule has 0 saturated heterocycles. The van der Waals surface area contributed by atoms with Gasteiger partial charge in [-0.3, -0.25) is 0 Å². The second-order valence-electron chi connectivity index (χ2n) is 10.2. The molecule has 8 aromatic carbocycles. The molecule has 1 nitrogen and oxygen atoms in total. The third-order valence-electron chi connectivity index (χ3n) is 7.97. The summed E-state index contributed by atoms with van der Waals surface area (Å²) in [6.45, 7) is 0. The number of benzene rings is 8. The van der Waals surface area contributed by atoms with Crippen LogP contribution in [0.1, 0.15) is 12.3 Å². The van der Waals surface area contributed by atoms with Gasteiger partial charge in [0.15, 0.2) is 0 Å². The first-order valence-corrected chi connectivity index (χ1v) is 13.4. The van der Waals surface area contributed by atoms with Crippen LogP contribution in [0.2, 0.25) is 0 Å². The lowest BCUT2D eigenvalue weighted by Gasteiger charge is -2.18. The van der Waals surface area contributed by atoms with Gasteiger partial charge in [0.2, 0.25) is 0 Å². The van der Waals surface area contributed by atoms with Crippen LogP contribution in [0, 0.1) is 0 Å². The fraction of sp³-hybridized carbons (Fsp3) is 0. The second kappa shape index (κ2) is 8.55. The molecule has 1 aromatic heterocycles. The van der Waals surface area contributed by atoms with Crippen molar-refractivity contribution >= 4 is 65.0 Å². The SMILES string of the molecule is [2H]c1c([2H])c(-c2c3ccccc3c(-c3ccc4ccccc4c3)c3ccccc23)c2c(oc3c4c([2H])c([2H])c([2H])c([2H])c4c([2H])c([2H])c32)c1[2H]. The van der Waals surface area contributed by atoms with Crippen LogP contribution in [0.4, 0.5) is 0 Å². The Bertz CT molecular complexity index is 2920. The number of rotatable bonds is 2. The molecule has 1 heterocycles. The van der Waals surface area contributed by atoms with Crippen LogP contribution in [-0.4, -0.2) is 0 Å². The lowest BCUT2D eigenvalue weighted by molar-refractivity contribution is 0.673. The van der Waals surface area contributed by atoms with E-state index in [0.29, 0.717) is 5.56 Å². The Morgan fingerprint density at radius 1 is 0.463 bits per heavy atom. The van der Waals surface area contributed by atoms with E-state index >= 15 is 0 Å². The normalized spacial score (nSPS) is 15.0. The summed E-state index contributed by atoms with van der Waals surface area (Å²) in [6, 6.07) is 26.4. The maximum Gasteiger partial charge on any atom is 0.143 e. The highest BCUT2D eigenvalue weighted by Gasteiger charge is 2.20. The van der Waals surface area contributed by atoms with Gasteiger partial charge in [-0.1, -0.05) is 127 Å². The lowest BCUT2D eigenvalue weighted by Crippen LogP contribution is -1.91. The summed E-state index contributed by atoms with van der Waals surface area (Å²) in [7, 11) is 0. The molecule has 0 bridgehead atoms. The fourth-order valence-electron chi connectivity index (χ4n) is 6.21. The van der Waals surface area contributed by atoms with Crippen LogP contribution in [0.5, 0.6) is 0 Å². The molecular weight excluding hydrogens is 496 g/mol. The maximum atomic E-state index is 9.37. The van der Waals surface area contributed by atoms with E-state index in [1.165, 1.54) is 0 Å². The standard InChI is InChI=1S/C40H24O/c1-2-12-27-24-28(21-20-25(27)10-1)37-30-14-5-7-16-32(30)38(33-17-8-6-15-31(33)37)34-18-9-19-36-39(34)35-23-22-26-11-3-4-13-29(26)40(35)41-36/h1-24H/i3D,4D,9D,11D,13D,18D,19D,22D,23D. The highest BCUT2D eigenvalue weighted by molar-refractivity contribution is 6.27. The minimum Gasteiger partial charge on any atom is -0.455 e. The van der Waals surface area contributed by atoms with Gasteiger partial charge in [0.25, 0.3) is 0 Å². The second-order valence-corrected chi connectivity index (χ2v) is 10.2. The van der Waals surface area contributed by atoms with Crippen molar-refractivity contribution in [2.75, 3.05) is 0 Å². The topological polar surface area (TPSA) is 13.1 Å². The van der Waals surface area contributed by atoms with Crippen molar-refractivity contribution in [1.82, 2.24) is 0 Å². The Labute approximate surface area is 249 Å². The van der Waals surface area contributed by atoms with Gasteiger partial charge in [0.05, 0.1) is 12.3 Å². The molecule has 0 aliphatic carbocycles. The van der Waals surface area contributed by atoms with E-state index < -0.39 is 30.2 Å². The molecule has 0 saturated carbocycles. The number of hydrogen-bond acceptors (Lipinski definition) is 1. The van der Waals surface area contributed by atoms with E-state index in [-0.39, 0.29) is 62.4 Å². The third-order valence-corrected chi connectivity index (χ3v) is 7.97. The fourth-order valence-corrected chi connectivity index (χ4v) is 6.21. The van der Waals surface area contributed by atoms with Crippen molar-refractivity contribution in [3.05, 3.63) is 145 Å². The van der Waals surface area contributed by atoms with Gasteiger partial charge >= 0.3 is 0 Å². The van der Waals surface area contributed by atoms with Gasteiger partial charge in [-0.15, -0.1) is 0 Å². The first-order valence-electron chi connectivity index (χ1n) is 17.9. The van der Waals surface area contributed by atoms with E-state index in [2.05, 4.69) is 30.3 Å². The average molecular weight is 530 g/mol. The lowest BCUT2D eigenvalue weighted by atomic mass is 9.84. The van der Waals surface area contributed by atoms with Crippen LogP contribution < -0.4 is 0 Å². The predicted molar refractivity (Wildman–Crippen MR) is 175 cm³/mol. The third kappa shape index (κ3) is 3.24. The molecule has 9 aromatic rings. The van der Waals surface area contributed by atoms with Gasteiger partial charge in [-0.05, 0) is 78.1 Å². The number of furan rings is 1. The van der Waals surface area contributed by atoms with Crippen molar-refractivity contribution in [2.45, 2.75) is 0 Å². The van der Waals surface area contributed by atoms with Crippen LogP contribution in [0.3, 0.4) is 0 Å². The molecule has 9 rings (SSSR count). The van der Waals surface area contributed by atoms with Crippen LogP contribution in [-0.2, 0) is 0 Å². The van der Waals surface area contributed by atoms with E-state index in [9.17, 15) is 2.74 Å². The highest BCUT2D eigenvalue weighted by atomic mass is 16.3. The molecule has 0 unspecified atom stereocenters. The zero-order valence-electron chi connectivity index (χ0n) is 30.6. The molecule has 1 heteroatoms. The number of hydrogen-bond donors (Lipinski definition) is 0. The van der Waals surface area contributed by atoms with E-state index in [1.807, 2.05) is 60.7 Å². The summed E-state index contributed by atoms with van der Waals surface area (Å²) >= 11 is 0. The number of fused-ring (bicyclic) bond motifs is 8. The quantitative estimate of drug-likeness (QED) is 0.203. The highest BCUT2D eigenvalue weighted by Crippen LogP contribution is 2.47. The molecular formula is C40H24O. The molecule has 190 valence electrons. The van der Waals surface area contributed by atoms with Gasteiger partial charge in [0, 0.05) is 16.2 Å². The van der Waals surface area contributed by atoms with E-state index in [4.69, 9.17) is 14.0 Å². The van der Waals surface area contributed by atoms with Crippen molar-refractivity contribution in [2.24, 2.45) is 0 Å². The van der Waals surface area contributed by atoms with Crippen molar-refractivity contribution in [1.29, 1.82) is 0 Å². The van der Waals surface area contributed by atoms with E-state index in [0.717, 1.165) is 43.4 Å². The summed E-state index contributed by atoms with van der Waals surface area (Å²) in [5.74, 6) is 0. The van der Waals surface area contributed by atoms with Gasteiger partial charge in [-0.2, -0.15) is 0 Å². The summed E-state index contributed by atoms with van der Waals surface area (Å²) in [5, 5.41) is 5.56. The van der Waals surface area contributed by atoms with Gasteiger partial charge in [-0.25, -0.2) is 0 Å². The summed E-state index contributed by atoms with van der Waals surface area (Å²) in [6.07, 6.45) is 0. The molecule has 0 spiro atoms. The Morgan fingerprint density at radius 2 is 1.15 bits per heavy atom. The Hall–Kier alpha value is -5.40. The zero-order valence-corrected chi connectivity index (χ0v) is 21.6. The molecule has 0 atom stereocenters.